The van der Waals surface area contributed by atoms with Gasteiger partial charge in [-0.25, -0.2) is 23.1 Å². The molecule has 0 saturated carbocycles. The van der Waals surface area contributed by atoms with Crippen molar-refractivity contribution in [2.45, 2.75) is 44.0 Å². The minimum Gasteiger partial charge on any atom is -0.486 e. The van der Waals surface area contributed by atoms with Crippen molar-refractivity contribution in [3.8, 4) is 11.5 Å². The Kier molecular flexibility index (Phi) is 7.82. The second-order valence-corrected chi connectivity index (χ2v) is 10.3. The highest BCUT2D eigenvalue weighted by Crippen LogP contribution is 2.32. The van der Waals surface area contributed by atoms with Gasteiger partial charge >= 0.3 is 0 Å². The lowest BCUT2D eigenvalue weighted by Gasteiger charge is -2.19. The number of para-hydroxylation sites is 1. The monoisotopic (exact) mass is 498 g/mol. The summed E-state index contributed by atoms with van der Waals surface area (Å²) in [4.78, 5) is 23.4. The van der Waals surface area contributed by atoms with Crippen LogP contribution in [0.25, 0.3) is 10.9 Å². The zero-order chi connectivity index (χ0) is 24.8. The summed E-state index contributed by atoms with van der Waals surface area (Å²) in [5, 5.41) is 1.01. The molecule has 1 aromatic heterocycles. The van der Waals surface area contributed by atoms with Crippen molar-refractivity contribution in [3.63, 3.8) is 0 Å². The molecule has 1 amide bonds. The summed E-state index contributed by atoms with van der Waals surface area (Å²) in [5.74, 6) is 1.61. The molecule has 1 aliphatic rings. The van der Waals surface area contributed by atoms with Gasteiger partial charge in [-0.1, -0.05) is 24.6 Å². The number of unbranched alkanes of at least 4 members (excludes halogenated alkanes) is 2. The lowest BCUT2D eigenvalue weighted by Crippen LogP contribution is -2.27. The van der Waals surface area contributed by atoms with Crippen LogP contribution < -0.4 is 14.2 Å². The predicted octanol–water partition coefficient (Wildman–Crippen LogP) is 3.21. The summed E-state index contributed by atoms with van der Waals surface area (Å²) >= 11 is 0. The fraction of sp³-hybridized carbons (Fsp3) is 0.400. The zero-order valence-electron chi connectivity index (χ0n) is 20.0. The summed E-state index contributed by atoms with van der Waals surface area (Å²) in [5.41, 5.74) is 1.76. The van der Waals surface area contributed by atoms with E-state index >= 15 is 0 Å². The first-order chi connectivity index (χ1) is 16.8. The molecule has 0 radical (unpaired) electrons. The van der Waals surface area contributed by atoms with Crippen LogP contribution in [0.15, 0.2) is 47.4 Å². The number of ether oxygens (including phenoxy) is 2. The van der Waals surface area contributed by atoms with Crippen LogP contribution in [0.5, 0.6) is 11.5 Å². The molecule has 4 rings (SSSR count). The third-order valence-electron chi connectivity index (χ3n) is 5.83. The average Bonchev–Trinajstić information content (AvgIpc) is 2.85. The van der Waals surface area contributed by atoms with Crippen LogP contribution in [0.4, 0.5) is 0 Å². The molecule has 9 nitrogen and oxygen atoms in total. The Morgan fingerprint density at radius 2 is 1.80 bits per heavy atom. The van der Waals surface area contributed by atoms with Gasteiger partial charge in [0.25, 0.3) is 0 Å². The van der Waals surface area contributed by atoms with Crippen LogP contribution in [0.2, 0.25) is 0 Å². The summed E-state index contributed by atoms with van der Waals surface area (Å²) in [6.07, 6.45) is 2.42. The Morgan fingerprint density at radius 1 is 1.03 bits per heavy atom. The number of rotatable bonds is 10. The molecule has 0 fully saturated rings. The van der Waals surface area contributed by atoms with Gasteiger partial charge in [-0.3, -0.25) is 4.79 Å². The molecule has 2 aromatic carbocycles. The highest BCUT2D eigenvalue weighted by Gasteiger charge is 2.19. The summed E-state index contributed by atoms with van der Waals surface area (Å²) < 4.78 is 38.6. The number of nitrogens with zero attached hydrogens (tertiary/aromatic N) is 3. The number of carbonyl (C=O) groups excluding carboxylic acids is 1. The standard InChI is InChI=1S/C25H30N4O5S/c1-18-20-8-5-6-9-21(20)28-24(27-18)17-29(2)25(30)10-4-3-7-13-26-35(31,32)19-11-12-22-23(16-19)34-15-14-33-22/h5-6,8-9,11-12,16,26H,3-4,7,10,13-15,17H2,1-2H3. The van der Waals surface area contributed by atoms with Crippen LogP contribution >= 0.6 is 0 Å². The number of carbonyl (C=O) groups is 1. The molecule has 3 aromatic rings. The number of benzene rings is 2. The fourth-order valence-corrected chi connectivity index (χ4v) is 5.00. The molecule has 0 bridgehead atoms. The second-order valence-electron chi connectivity index (χ2n) is 8.51. The topological polar surface area (TPSA) is 111 Å². The number of amides is 1. The van der Waals surface area contributed by atoms with Gasteiger partial charge in [0.15, 0.2) is 11.5 Å². The molecular weight excluding hydrogens is 468 g/mol. The van der Waals surface area contributed by atoms with Gasteiger partial charge in [-0.2, -0.15) is 0 Å². The second kappa shape index (κ2) is 11.0. The number of hydrogen-bond acceptors (Lipinski definition) is 7. The van der Waals surface area contributed by atoms with Crippen molar-refractivity contribution >= 4 is 26.8 Å². The zero-order valence-corrected chi connectivity index (χ0v) is 20.8. The SMILES string of the molecule is Cc1nc(CN(C)C(=O)CCCCCNS(=O)(=O)c2ccc3c(c2)OCCO3)nc2ccccc12. The molecule has 0 aliphatic carbocycles. The lowest BCUT2D eigenvalue weighted by molar-refractivity contribution is -0.130. The van der Waals surface area contributed by atoms with Crippen molar-refractivity contribution in [2.75, 3.05) is 26.8 Å². The molecule has 1 aliphatic heterocycles. The summed E-state index contributed by atoms with van der Waals surface area (Å²) in [6, 6.07) is 12.4. The molecule has 0 spiro atoms. The average molecular weight is 499 g/mol. The van der Waals surface area contributed by atoms with E-state index in [2.05, 4.69) is 14.7 Å². The van der Waals surface area contributed by atoms with Crippen LogP contribution in [0, 0.1) is 6.92 Å². The van der Waals surface area contributed by atoms with E-state index in [1.165, 1.54) is 12.1 Å². The van der Waals surface area contributed by atoms with E-state index < -0.39 is 10.0 Å². The van der Waals surface area contributed by atoms with Gasteiger partial charge in [0.1, 0.15) is 19.0 Å². The Balaban J connectivity index is 1.19. The molecule has 186 valence electrons. The first-order valence-electron chi connectivity index (χ1n) is 11.7. The molecule has 0 saturated heterocycles. The third-order valence-corrected chi connectivity index (χ3v) is 7.29. The Hall–Kier alpha value is -3.24. The van der Waals surface area contributed by atoms with Gasteiger partial charge < -0.3 is 14.4 Å². The van der Waals surface area contributed by atoms with Crippen LogP contribution in [0.1, 0.15) is 37.2 Å². The van der Waals surface area contributed by atoms with Gasteiger partial charge in [0.05, 0.1) is 17.0 Å². The Bertz CT molecular complexity index is 1310. The number of aryl methyl sites for hydroxylation is 1. The van der Waals surface area contributed by atoms with Crippen LogP contribution in [-0.4, -0.2) is 56.0 Å². The van der Waals surface area contributed by atoms with Crippen molar-refractivity contribution in [3.05, 3.63) is 54.0 Å². The molecule has 35 heavy (non-hydrogen) atoms. The molecule has 1 N–H and O–H groups in total. The van der Waals surface area contributed by atoms with E-state index in [0.717, 1.165) is 23.0 Å². The van der Waals surface area contributed by atoms with Crippen LogP contribution in [-0.2, 0) is 21.4 Å². The van der Waals surface area contributed by atoms with Gasteiger partial charge in [0, 0.05) is 37.2 Å². The number of fused-ring (bicyclic) bond motifs is 2. The van der Waals surface area contributed by atoms with E-state index in [1.807, 2.05) is 31.2 Å². The minimum absolute atomic E-state index is 0.0104. The van der Waals surface area contributed by atoms with E-state index in [4.69, 9.17) is 9.47 Å². The quantitative estimate of drug-likeness (QED) is 0.427. The van der Waals surface area contributed by atoms with Crippen molar-refractivity contribution < 1.29 is 22.7 Å². The van der Waals surface area contributed by atoms with E-state index in [-0.39, 0.29) is 10.8 Å². The van der Waals surface area contributed by atoms with E-state index in [1.54, 1.807) is 18.0 Å². The molecule has 10 heteroatoms. The molecular formula is C25H30N4O5S. The highest BCUT2D eigenvalue weighted by atomic mass is 32.2. The Morgan fingerprint density at radius 3 is 2.63 bits per heavy atom. The van der Waals surface area contributed by atoms with E-state index in [9.17, 15) is 13.2 Å². The van der Waals surface area contributed by atoms with Crippen molar-refractivity contribution in [2.24, 2.45) is 0 Å². The molecule has 2 heterocycles. The number of sulfonamides is 1. The Labute approximate surface area is 205 Å². The summed E-state index contributed by atoms with van der Waals surface area (Å²) in [7, 11) is -1.89. The fourth-order valence-electron chi connectivity index (χ4n) is 3.92. The number of hydrogen-bond donors (Lipinski definition) is 1. The highest BCUT2D eigenvalue weighted by molar-refractivity contribution is 7.89. The van der Waals surface area contributed by atoms with Crippen molar-refractivity contribution in [1.82, 2.24) is 19.6 Å². The smallest absolute Gasteiger partial charge is 0.240 e. The maximum atomic E-state index is 12.5. The van der Waals surface area contributed by atoms with E-state index in [0.29, 0.717) is 62.9 Å². The maximum Gasteiger partial charge on any atom is 0.240 e. The predicted molar refractivity (Wildman–Crippen MR) is 132 cm³/mol. The minimum atomic E-state index is -3.64. The molecule has 0 atom stereocenters. The largest absolute Gasteiger partial charge is 0.486 e. The van der Waals surface area contributed by atoms with Gasteiger partial charge in [-0.05, 0) is 38.0 Å². The van der Waals surface area contributed by atoms with Crippen LogP contribution in [0.3, 0.4) is 0 Å². The van der Waals surface area contributed by atoms with Gasteiger partial charge in [0.2, 0.25) is 15.9 Å². The first kappa shape index (κ1) is 24.9. The lowest BCUT2D eigenvalue weighted by atomic mass is 10.2. The van der Waals surface area contributed by atoms with Gasteiger partial charge in [-0.15, -0.1) is 0 Å². The third kappa shape index (κ3) is 6.26. The number of nitrogens with one attached hydrogen (secondary N) is 1. The normalized spacial score (nSPS) is 13.1. The molecule has 0 unspecified atom stereocenters. The summed E-state index contributed by atoms with van der Waals surface area (Å²) in [6.45, 7) is 3.43. The maximum absolute atomic E-state index is 12.5. The van der Waals surface area contributed by atoms with Crippen molar-refractivity contribution in [1.29, 1.82) is 0 Å². The first-order valence-corrected chi connectivity index (χ1v) is 13.2. The number of aromatic nitrogens is 2.